The van der Waals surface area contributed by atoms with E-state index >= 15 is 0 Å². The fourth-order valence-corrected chi connectivity index (χ4v) is 1.88. The molecule has 0 amide bonds. The fraction of sp³-hybridized carbons (Fsp3) is 0.200. The summed E-state index contributed by atoms with van der Waals surface area (Å²) in [5, 5.41) is 2.76. The van der Waals surface area contributed by atoms with Gasteiger partial charge in [-0.05, 0) is 25.2 Å². The summed E-state index contributed by atoms with van der Waals surface area (Å²) in [5.41, 5.74) is 0.0695. The molecular formula is C15H13F4NO. The van der Waals surface area contributed by atoms with Crippen molar-refractivity contribution in [2.24, 2.45) is 0 Å². The van der Waals surface area contributed by atoms with Gasteiger partial charge < -0.3 is 10.1 Å². The Balaban J connectivity index is 2.14. The number of hydrogen-bond acceptors (Lipinski definition) is 2. The van der Waals surface area contributed by atoms with Crippen molar-refractivity contribution in [2.75, 3.05) is 13.7 Å². The van der Waals surface area contributed by atoms with Gasteiger partial charge in [0.25, 0.3) is 0 Å². The molecule has 0 aliphatic rings. The van der Waals surface area contributed by atoms with Crippen molar-refractivity contribution in [3.63, 3.8) is 0 Å². The maximum absolute atomic E-state index is 13.7. The Morgan fingerprint density at radius 3 is 2.48 bits per heavy atom. The van der Waals surface area contributed by atoms with E-state index < -0.39 is 29.3 Å². The second kappa shape index (κ2) is 6.58. The highest BCUT2D eigenvalue weighted by molar-refractivity contribution is 5.26. The highest BCUT2D eigenvalue weighted by Gasteiger charge is 2.18. The Bertz CT molecular complexity index is 633. The summed E-state index contributed by atoms with van der Waals surface area (Å²) in [7, 11) is 1.54. The lowest BCUT2D eigenvalue weighted by Gasteiger charge is -2.18. The number of hydrogen-bond donors (Lipinski definition) is 1. The number of rotatable bonds is 5. The topological polar surface area (TPSA) is 21.3 Å². The number of nitrogens with one attached hydrogen (secondary N) is 1. The lowest BCUT2D eigenvalue weighted by molar-refractivity contribution is 0.257. The molecule has 1 unspecified atom stereocenters. The van der Waals surface area contributed by atoms with Gasteiger partial charge in [-0.2, -0.15) is 0 Å². The molecule has 2 rings (SSSR count). The monoisotopic (exact) mass is 299 g/mol. The fourth-order valence-electron chi connectivity index (χ4n) is 1.88. The number of halogens is 4. The Labute approximate surface area is 119 Å². The highest BCUT2D eigenvalue weighted by Crippen LogP contribution is 2.22. The predicted octanol–water partition coefficient (Wildman–Crippen LogP) is 3.58. The molecule has 1 atom stereocenters. The summed E-state index contributed by atoms with van der Waals surface area (Å²) < 4.78 is 58.3. The zero-order chi connectivity index (χ0) is 15.4. The lowest BCUT2D eigenvalue weighted by atomic mass is 10.1. The molecule has 0 saturated heterocycles. The van der Waals surface area contributed by atoms with Crippen LogP contribution in [0, 0.1) is 23.3 Å². The molecule has 0 bridgehead atoms. The van der Waals surface area contributed by atoms with Gasteiger partial charge >= 0.3 is 0 Å². The van der Waals surface area contributed by atoms with Crippen LogP contribution in [0.2, 0.25) is 0 Å². The summed E-state index contributed by atoms with van der Waals surface area (Å²) in [6.07, 6.45) is 0. The van der Waals surface area contributed by atoms with Gasteiger partial charge in [0.05, 0.1) is 6.04 Å². The number of likely N-dealkylation sites (N-methyl/N-ethyl adjacent to an activating group) is 1. The van der Waals surface area contributed by atoms with Crippen LogP contribution in [0.15, 0.2) is 36.4 Å². The molecule has 0 fully saturated rings. The molecule has 0 aromatic heterocycles. The van der Waals surface area contributed by atoms with E-state index in [1.54, 1.807) is 7.05 Å². The minimum absolute atomic E-state index is 0.0695. The molecule has 112 valence electrons. The van der Waals surface area contributed by atoms with Gasteiger partial charge in [0, 0.05) is 11.6 Å². The Morgan fingerprint density at radius 2 is 1.81 bits per heavy atom. The quantitative estimate of drug-likeness (QED) is 0.852. The van der Waals surface area contributed by atoms with Crippen molar-refractivity contribution in [1.82, 2.24) is 5.32 Å². The van der Waals surface area contributed by atoms with Crippen molar-refractivity contribution < 1.29 is 22.3 Å². The molecule has 21 heavy (non-hydrogen) atoms. The number of ether oxygens (including phenoxy) is 1. The highest BCUT2D eigenvalue weighted by atomic mass is 19.2. The summed E-state index contributed by atoms with van der Waals surface area (Å²) in [6, 6.07) is 5.98. The van der Waals surface area contributed by atoms with E-state index in [-0.39, 0.29) is 17.9 Å². The maximum atomic E-state index is 13.7. The molecule has 0 heterocycles. The van der Waals surface area contributed by atoms with Gasteiger partial charge in [0.2, 0.25) is 0 Å². The van der Waals surface area contributed by atoms with Crippen LogP contribution in [-0.2, 0) is 0 Å². The van der Waals surface area contributed by atoms with Crippen LogP contribution >= 0.6 is 0 Å². The Kier molecular flexibility index (Phi) is 4.80. The largest absolute Gasteiger partial charge is 0.489 e. The molecule has 2 nitrogen and oxygen atoms in total. The summed E-state index contributed by atoms with van der Waals surface area (Å²) in [4.78, 5) is 0. The Morgan fingerprint density at radius 1 is 1.05 bits per heavy atom. The van der Waals surface area contributed by atoms with Crippen molar-refractivity contribution >= 4 is 0 Å². The smallest absolute Gasteiger partial charge is 0.167 e. The number of benzene rings is 2. The van der Waals surface area contributed by atoms with E-state index in [0.29, 0.717) is 6.07 Å². The average Bonchev–Trinajstić information content (AvgIpc) is 2.45. The van der Waals surface area contributed by atoms with Gasteiger partial charge in [-0.3, -0.25) is 0 Å². The van der Waals surface area contributed by atoms with E-state index in [1.807, 2.05) is 0 Å². The standard InChI is InChI=1S/C15H13F4NO/c1-20-13(10-3-2-4-11(17)15(10)19)8-21-14-6-5-9(16)7-12(14)18/h2-7,13,20H,8H2,1H3. The van der Waals surface area contributed by atoms with Crippen molar-refractivity contribution in [1.29, 1.82) is 0 Å². The van der Waals surface area contributed by atoms with Crippen LogP contribution in [0.25, 0.3) is 0 Å². The van der Waals surface area contributed by atoms with E-state index in [9.17, 15) is 17.6 Å². The van der Waals surface area contributed by atoms with E-state index in [1.165, 1.54) is 12.1 Å². The molecule has 1 N–H and O–H groups in total. The van der Waals surface area contributed by atoms with Crippen LogP contribution in [-0.4, -0.2) is 13.7 Å². The summed E-state index contributed by atoms with van der Waals surface area (Å²) >= 11 is 0. The van der Waals surface area contributed by atoms with E-state index in [2.05, 4.69) is 5.32 Å². The van der Waals surface area contributed by atoms with Crippen molar-refractivity contribution in [2.45, 2.75) is 6.04 Å². The van der Waals surface area contributed by atoms with Crippen LogP contribution in [0.5, 0.6) is 5.75 Å². The first-order chi connectivity index (χ1) is 10.0. The SMILES string of the molecule is CNC(COc1ccc(F)cc1F)c1cccc(F)c1F. The van der Waals surface area contributed by atoms with Gasteiger partial charge in [-0.15, -0.1) is 0 Å². The molecular weight excluding hydrogens is 286 g/mol. The maximum Gasteiger partial charge on any atom is 0.167 e. The third-order valence-electron chi connectivity index (χ3n) is 3.00. The van der Waals surface area contributed by atoms with Crippen LogP contribution < -0.4 is 10.1 Å². The normalized spacial score (nSPS) is 12.2. The van der Waals surface area contributed by atoms with Gasteiger partial charge in [-0.25, -0.2) is 17.6 Å². The molecule has 2 aromatic rings. The third-order valence-corrected chi connectivity index (χ3v) is 3.00. The van der Waals surface area contributed by atoms with Gasteiger partial charge in [0.1, 0.15) is 12.4 Å². The van der Waals surface area contributed by atoms with Crippen molar-refractivity contribution in [3.8, 4) is 5.75 Å². The minimum Gasteiger partial charge on any atom is -0.489 e. The lowest BCUT2D eigenvalue weighted by Crippen LogP contribution is -2.24. The first-order valence-corrected chi connectivity index (χ1v) is 6.22. The molecule has 2 aromatic carbocycles. The summed E-state index contributed by atoms with van der Waals surface area (Å²) in [5.74, 6) is -3.69. The first-order valence-electron chi connectivity index (χ1n) is 6.22. The zero-order valence-electron chi connectivity index (χ0n) is 11.2. The minimum atomic E-state index is -0.986. The third kappa shape index (κ3) is 3.52. The molecule has 0 radical (unpaired) electrons. The molecule has 6 heteroatoms. The van der Waals surface area contributed by atoms with Crippen LogP contribution in [0.3, 0.4) is 0 Å². The first kappa shape index (κ1) is 15.3. The second-order valence-corrected chi connectivity index (χ2v) is 4.37. The average molecular weight is 299 g/mol. The van der Waals surface area contributed by atoms with Crippen LogP contribution in [0.4, 0.5) is 17.6 Å². The zero-order valence-corrected chi connectivity index (χ0v) is 11.2. The summed E-state index contributed by atoms with van der Waals surface area (Å²) in [6.45, 7) is -0.139. The molecule has 0 aliphatic carbocycles. The van der Waals surface area contributed by atoms with Crippen molar-refractivity contribution in [3.05, 3.63) is 65.2 Å². The van der Waals surface area contributed by atoms with E-state index in [4.69, 9.17) is 4.74 Å². The molecule has 0 saturated carbocycles. The molecule has 0 spiro atoms. The van der Waals surface area contributed by atoms with Gasteiger partial charge in [-0.1, -0.05) is 12.1 Å². The van der Waals surface area contributed by atoms with Crippen LogP contribution in [0.1, 0.15) is 11.6 Å². The van der Waals surface area contributed by atoms with E-state index in [0.717, 1.165) is 18.2 Å². The Hall–Kier alpha value is -2.08. The van der Waals surface area contributed by atoms with Gasteiger partial charge in [0.15, 0.2) is 23.2 Å². The second-order valence-electron chi connectivity index (χ2n) is 4.37. The molecule has 0 aliphatic heterocycles. The predicted molar refractivity (Wildman–Crippen MR) is 70.0 cm³/mol.